The van der Waals surface area contributed by atoms with Gasteiger partial charge in [-0.1, -0.05) is 58.9 Å². The number of nitrogens with one attached hydrogen (secondary N) is 2. The number of carbonyl (C=O) groups is 2. The first-order valence-electron chi connectivity index (χ1n) is 16.3. The largest absolute Gasteiger partial charge is 0.451 e. The highest BCUT2D eigenvalue weighted by molar-refractivity contribution is 9.10. The Morgan fingerprint density at radius 1 is 1.04 bits per heavy atom. The highest BCUT2D eigenvalue weighted by Crippen LogP contribution is 2.46. The van der Waals surface area contributed by atoms with Gasteiger partial charge in [0.2, 0.25) is 5.91 Å². The van der Waals surface area contributed by atoms with Crippen LogP contribution in [0.25, 0.3) is 11.0 Å². The van der Waals surface area contributed by atoms with Crippen LogP contribution in [0.2, 0.25) is 5.02 Å². The smallest absolute Gasteiger partial charge is 0.287 e. The summed E-state index contributed by atoms with van der Waals surface area (Å²) < 4.78 is 6.63. The number of rotatable bonds is 9. The number of fused-ring (bicyclic) bond motifs is 1. The fourth-order valence-electron chi connectivity index (χ4n) is 7.08. The second-order valence-electron chi connectivity index (χ2n) is 13.9. The molecule has 2 amide bonds. The molecule has 3 aromatic rings. The number of benzene rings is 2. The molecule has 1 aromatic heterocycles. The van der Waals surface area contributed by atoms with Crippen molar-refractivity contribution in [2.24, 2.45) is 11.3 Å². The summed E-state index contributed by atoms with van der Waals surface area (Å²) in [4.78, 5) is 42.4. The Morgan fingerprint density at radius 3 is 2.40 bits per heavy atom. The predicted molar refractivity (Wildman–Crippen MR) is 184 cm³/mol. The van der Waals surface area contributed by atoms with Crippen LogP contribution in [-0.2, 0) is 11.2 Å². The van der Waals surface area contributed by atoms with Crippen molar-refractivity contribution in [3.8, 4) is 0 Å². The third kappa shape index (κ3) is 8.57. The predicted octanol–water partition coefficient (Wildman–Crippen LogP) is 7.52. The van der Waals surface area contributed by atoms with Gasteiger partial charge in [-0.3, -0.25) is 14.4 Å². The van der Waals surface area contributed by atoms with Gasteiger partial charge in [0.25, 0.3) is 5.91 Å². The zero-order valence-electron chi connectivity index (χ0n) is 26.6. The molecule has 1 atom stereocenters. The fourth-order valence-corrected chi connectivity index (χ4v) is 7.57. The summed E-state index contributed by atoms with van der Waals surface area (Å²) in [5, 5.41) is 7.56. The van der Waals surface area contributed by atoms with Crippen molar-refractivity contribution in [2.45, 2.75) is 90.1 Å². The lowest BCUT2D eigenvalue weighted by Gasteiger charge is -2.47. The van der Waals surface area contributed by atoms with Crippen molar-refractivity contribution in [3.05, 3.63) is 79.6 Å². The molecule has 1 aliphatic heterocycles. The summed E-state index contributed by atoms with van der Waals surface area (Å²) in [6.45, 7) is 8.68. The SMILES string of the molecule is CC(C)(C)NC(=O)C1(C2CCCCC2)CCN(CC[C@H](Cc2ccc(Cl)cc2)NC(=O)c2cc(=O)c3cc(Br)ccc3o2)CC1. The number of halogens is 2. The lowest BCUT2D eigenvalue weighted by atomic mass is 9.63. The van der Waals surface area contributed by atoms with Gasteiger partial charge >= 0.3 is 0 Å². The molecule has 7 nitrogen and oxygen atoms in total. The number of carbonyl (C=O) groups excluding carboxylic acids is 2. The van der Waals surface area contributed by atoms with Gasteiger partial charge in [0.15, 0.2) is 11.2 Å². The van der Waals surface area contributed by atoms with Gasteiger partial charge in [0.05, 0.1) is 10.8 Å². The van der Waals surface area contributed by atoms with Crippen LogP contribution in [0, 0.1) is 11.3 Å². The van der Waals surface area contributed by atoms with E-state index in [1.54, 1.807) is 18.2 Å². The Bertz CT molecular complexity index is 1550. The van der Waals surface area contributed by atoms with Gasteiger partial charge in [0, 0.05) is 33.7 Å². The van der Waals surface area contributed by atoms with Crippen LogP contribution in [0.1, 0.15) is 88.3 Å². The van der Waals surface area contributed by atoms with Crippen LogP contribution in [0.3, 0.4) is 0 Å². The summed E-state index contributed by atoms with van der Waals surface area (Å²) in [5.41, 5.74) is 0.592. The van der Waals surface area contributed by atoms with Crippen molar-refractivity contribution in [1.82, 2.24) is 15.5 Å². The number of nitrogens with zero attached hydrogens (tertiary/aromatic N) is 1. The molecular weight excluding hydrogens is 654 g/mol. The number of hydrogen-bond acceptors (Lipinski definition) is 5. The topological polar surface area (TPSA) is 91.7 Å². The van der Waals surface area contributed by atoms with Crippen LogP contribution in [0.5, 0.6) is 0 Å². The Labute approximate surface area is 279 Å². The first-order valence-corrected chi connectivity index (χ1v) is 17.4. The van der Waals surface area contributed by atoms with Crippen LogP contribution < -0.4 is 16.1 Å². The van der Waals surface area contributed by atoms with E-state index in [1.165, 1.54) is 25.3 Å². The lowest BCUT2D eigenvalue weighted by molar-refractivity contribution is -0.141. The molecule has 5 rings (SSSR count). The van der Waals surface area contributed by atoms with E-state index in [9.17, 15) is 14.4 Å². The molecule has 2 aliphatic rings. The van der Waals surface area contributed by atoms with Crippen molar-refractivity contribution in [1.29, 1.82) is 0 Å². The summed E-state index contributed by atoms with van der Waals surface area (Å²) in [6.07, 6.45) is 8.98. The van der Waals surface area contributed by atoms with E-state index in [0.717, 1.165) is 55.4 Å². The van der Waals surface area contributed by atoms with Gasteiger partial charge in [-0.15, -0.1) is 0 Å². The van der Waals surface area contributed by atoms with E-state index in [4.69, 9.17) is 16.0 Å². The molecule has 2 fully saturated rings. The molecule has 242 valence electrons. The minimum atomic E-state index is -0.412. The zero-order valence-corrected chi connectivity index (χ0v) is 28.9. The van der Waals surface area contributed by atoms with E-state index in [1.807, 2.05) is 24.3 Å². The van der Waals surface area contributed by atoms with Crippen molar-refractivity contribution in [2.75, 3.05) is 19.6 Å². The summed E-state index contributed by atoms with van der Waals surface area (Å²) in [6, 6.07) is 13.9. The van der Waals surface area contributed by atoms with E-state index >= 15 is 0 Å². The van der Waals surface area contributed by atoms with E-state index < -0.39 is 5.91 Å². The molecule has 0 bridgehead atoms. The second kappa shape index (κ2) is 14.4. The third-order valence-electron chi connectivity index (χ3n) is 9.51. The quantitative estimate of drug-likeness (QED) is 0.241. The van der Waals surface area contributed by atoms with E-state index in [2.05, 4.69) is 52.2 Å². The maximum Gasteiger partial charge on any atom is 0.287 e. The van der Waals surface area contributed by atoms with Crippen molar-refractivity contribution < 1.29 is 14.0 Å². The standard InChI is InChI=1S/C36H45BrClN3O4/c1-35(2,3)40-34(44)36(25-7-5-4-6-8-25)16-19-41(20-17-36)18-15-28(21-24-9-12-27(38)13-10-24)39-33(43)32-23-30(42)29-22-26(37)11-14-31(29)45-32/h9-14,22-23,25,28H,4-8,15-21H2,1-3H3,(H,39,43)(H,40,44)/t28-/m1/s1. The first kappa shape index (κ1) is 33.7. The minimum absolute atomic E-state index is 0.00368. The highest BCUT2D eigenvalue weighted by atomic mass is 79.9. The van der Waals surface area contributed by atoms with Gasteiger partial charge in [0.1, 0.15) is 5.58 Å². The molecule has 0 unspecified atom stereocenters. The molecular formula is C36H45BrClN3O4. The van der Waals surface area contributed by atoms with Crippen LogP contribution in [0.4, 0.5) is 0 Å². The van der Waals surface area contributed by atoms with E-state index in [0.29, 0.717) is 34.8 Å². The number of hydrogen-bond donors (Lipinski definition) is 2. The van der Waals surface area contributed by atoms with Crippen molar-refractivity contribution >= 4 is 50.3 Å². The second-order valence-corrected chi connectivity index (χ2v) is 15.3. The zero-order chi connectivity index (χ0) is 32.2. The Hall–Kier alpha value is -2.68. The molecule has 1 saturated heterocycles. The molecule has 0 spiro atoms. The van der Waals surface area contributed by atoms with Crippen LogP contribution in [-0.4, -0.2) is 47.9 Å². The van der Waals surface area contributed by atoms with Gasteiger partial charge < -0.3 is 20.0 Å². The van der Waals surface area contributed by atoms with Gasteiger partial charge in [-0.05, 0) is 114 Å². The highest BCUT2D eigenvalue weighted by Gasteiger charge is 2.48. The Balaban J connectivity index is 1.28. The maximum absolute atomic E-state index is 13.8. The average molecular weight is 699 g/mol. The van der Waals surface area contributed by atoms with E-state index in [-0.39, 0.29) is 34.1 Å². The third-order valence-corrected chi connectivity index (χ3v) is 10.3. The van der Waals surface area contributed by atoms with Crippen LogP contribution >= 0.6 is 27.5 Å². The molecule has 2 aromatic carbocycles. The number of amides is 2. The molecule has 0 radical (unpaired) electrons. The van der Waals surface area contributed by atoms with Crippen LogP contribution in [0.15, 0.2) is 62.2 Å². The number of piperidine rings is 1. The molecule has 1 aliphatic carbocycles. The summed E-state index contributed by atoms with van der Waals surface area (Å²) in [5.74, 6) is 0.241. The maximum atomic E-state index is 13.8. The molecule has 2 heterocycles. The molecule has 9 heteroatoms. The monoisotopic (exact) mass is 697 g/mol. The minimum Gasteiger partial charge on any atom is -0.451 e. The molecule has 2 N–H and O–H groups in total. The summed E-state index contributed by atoms with van der Waals surface area (Å²) in [7, 11) is 0. The Morgan fingerprint density at radius 2 is 1.73 bits per heavy atom. The lowest BCUT2D eigenvalue weighted by Crippen LogP contribution is -2.56. The van der Waals surface area contributed by atoms with Gasteiger partial charge in [-0.25, -0.2) is 0 Å². The number of likely N-dealkylation sites (tertiary alicyclic amines) is 1. The fraction of sp³-hybridized carbons (Fsp3) is 0.528. The van der Waals surface area contributed by atoms with Gasteiger partial charge in [-0.2, -0.15) is 0 Å². The Kier molecular flexibility index (Phi) is 10.8. The molecule has 1 saturated carbocycles. The van der Waals surface area contributed by atoms with Crippen molar-refractivity contribution in [3.63, 3.8) is 0 Å². The summed E-state index contributed by atoms with van der Waals surface area (Å²) >= 11 is 9.52. The first-order chi connectivity index (χ1) is 21.4. The normalized spacial score (nSPS) is 18.4. The average Bonchev–Trinajstić information content (AvgIpc) is 3.01. The molecule has 45 heavy (non-hydrogen) atoms.